The summed E-state index contributed by atoms with van der Waals surface area (Å²) in [7, 11) is 0. The van der Waals surface area contributed by atoms with E-state index in [-0.39, 0.29) is 10.6 Å². The van der Waals surface area contributed by atoms with Gasteiger partial charge in [-0.2, -0.15) is 0 Å². The predicted molar refractivity (Wildman–Crippen MR) is 72.8 cm³/mol. The van der Waals surface area contributed by atoms with Crippen molar-refractivity contribution in [3.8, 4) is 0 Å². The molecule has 0 saturated carbocycles. The molecule has 0 amide bonds. The summed E-state index contributed by atoms with van der Waals surface area (Å²) in [5.41, 5.74) is 1.57. The fourth-order valence-electron chi connectivity index (χ4n) is 1.85. The Morgan fingerprint density at radius 1 is 1.00 bits per heavy atom. The van der Waals surface area contributed by atoms with E-state index in [0.29, 0.717) is 12.0 Å². The van der Waals surface area contributed by atoms with Crippen molar-refractivity contribution in [1.29, 1.82) is 0 Å². The number of hydrogen-bond acceptors (Lipinski definition) is 0. The molecular weight excluding hydrogens is 298 g/mol. The van der Waals surface area contributed by atoms with Crippen LogP contribution in [0, 0.1) is 11.6 Å². The predicted octanol–water partition coefficient (Wildman–Crippen LogP) is 5.03. The van der Waals surface area contributed by atoms with Crippen molar-refractivity contribution in [3.05, 3.63) is 71.3 Å². The van der Waals surface area contributed by atoms with Crippen LogP contribution in [0.4, 0.5) is 8.78 Å². The number of halogens is 3. The molecule has 94 valence electrons. The lowest BCUT2D eigenvalue weighted by atomic mass is 10.0. The number of aryl methyl sites for hydroxylation is 1. The van der Waals surface area contributed by atoms with Crippen LogP contribution < -0.4 is 0 Å². The second kappa shape index (κ2) is 6.10. The van der Waals surface area contributed by atoms with Crippen LogP contribution in [0.3, 0.4) is 0 Å². The van der Waals surface area contributed by atoms with Gasteiger partial charge < -0.3 is 0 Å². The second-order valence-corrected chi connectivity index (χ2v) is 5.26. The quantitative estimate of drug-likeness (QED) is 0.694. The van der Waals surface area contributed by atoms with Gasteiger partial charge in [-0.3, -0.25) is 0 Å². The van der Waals surface area contributed by atoms with Gasteiger partial charge in [0.15, 0.2) is 0 Å². The normalized spacial score (nSPS) is 12.4. The number of benzene rings is 2. The molecule has 2 aromatic rings. The van der Waals surface area contributed by atoms with Crippen LogP contribution >= 0.6 is 15.9 Å². The van der Waals surface area contributed by atoms with Gasteiger partial charge >= 0.3 is 0 Å². The third kappa shape index (κ3) is 3.39. The first-order valence-electron chi connectivity index (χ1n) is 5.80. The van der Waals surface area contributed by atoms with E-state index in [2.05, 4.69) is 15.9 Å². The molecule has 0 bridgehead atoms. The summed E-state index contributed by atoms with van der Waals surface area (Å²) in [4.78, 5) is 0.154. The van der Waals surface area contributed by atoms with Crippen LogP contribution in [0.2, 0.25) is 0 Å². The van der Waals surface area contributed by atoms with E-state index < -0.39 is 5.82 Å². The molecule has 0 saturated heterocycles. The molecular formula is C15H13BrF2. The zero-order chi connectivity index (χ0) is 13.0. The molecule has 0 heterocycles. The summed E-state index contributed by atoms with van der Waals surface area (Å²) in [6.45, 7) is 0. The van der Waals surface area contributed by atoms with Crippen LogP contribution in [-0.2, 0) is 6.42 Å². The number of rotatable bonds is 4. The molecule has 0 radical (unpaired) electrons. The highest BCUT2D eigenvalue weighted by molar-refractivity contribution is 9.09. The highest BCUT2D eigenvalue weighted by Gasteiger charge is 2.09. The summed E-state index contributed by atoms with van der Waals surface area (Å²) in [5.74, 6) is -0.735. The Bertz CT molecular complexity index is 511. The maximum Gasteiger partial charge on any atom is 0.126 e. The zero-order valence-corrected chi connectivity index (χ0v) is 11.3. The van der Waals surface area contributed by atoms with Crippen molar-refractivity contribution in [2.45, 2.75) is 17.7 Å². The number of alkyl halides is 1. The third-order valence-corrected chi connectivity index (χ3v) is 3.82. The van der Waals surface area contributed by atoms with Crippen LogP contribution in [-0.4, -0.2) is 0 Å². The van der Waals surface area contributed by atoms with Crippen LogP contribution in [0.1, 0.15) is 22.4 Å². The fourth-order valence-corrected chi connectivity index (χ4v) is 2.38. The average Bonchev–Trinajstić information content (AvgIpc) is 2.40. The Morgan fingerprint density at radius 2 is 1.72 bits per heavy atom. The van der Waals surface area contributed by atoms with Crippen LogP contribution in [0.25, 0.3) is 0 Å². The first-order chi connectivity index (χ1) is 8.66. The molecule has 0 fully saturated rings. The van der Waals surface area contributed by atoms with Crippen molar-refractivity contribution < 1.29 is 8.78 Å². The van der Waals surface area contributed by atoms with Crippen molar-refractivity contribution in [2.75, 3.05) is 0 Å². The summed E-state index contributed by atoms with van der Waals surface area (Å²) >= 11 is 3.57. The molecule has 0 nitrogen and oxygen atoms in total. The van der Waals surface area contributed by atoms with E-state index in [4.69, 9.17) is 0 Å². The van der Waals surface area contributed by atoms with Gasteiger partial charge in [-0.25, -0.2) is 8.78 Å². The van der Waals surface area contributed by atoms with E-state index in [0.717, 1.165) is 18.1 Å². The minimum absolute atomic E-state index is 0.154. The summed E-state index contributed by atoms with van der Waals surface area (Å²) in [5, 5.41) is 0. The molecule has 0 aromatic heterocycles. The van der Waals surface area contributed by atoms with E-state index in [1.807, 2.05) is 30.3 Å². The lowest BCUT2D eigenvalue weighted by molar-refractivity contribution is 0.580. The monoisotopic (exact) mass is 310 g/mol. The molecule has 3 heteroatoms. The SMILES string of the molecule is Fc1ccc(F)c(CCC(Br)c2ccccc2)c1. The zero-order valence-electron chi connectivity index (χ0n) is 9.74. The second-order valence-electron chi connectivity index (χ2n) is 4.15. The van der Waals surface area contributed by atoms with Gasteiger partial charge in [0, 0.05) is 4.83 Å². The molecule has 18 heavy (non-hydrogen) atoms. The summed E-state index contributed by atoms with van der Waals surface area (Å²) < 4.78 is 26.5. The molecule has 0 aliphatic heterocycles. The van der Waals surface area contributed by atoms with E-state index >= 15 is 0 Å². The third-order valence-electron chi connectivity index (χ3n) is 2.84. The molecule has 1 atom stereocenters. The standard InChI is InChI=1S/C15H13BrF2/c16-14(11-4-2-1-3-5-11)8-6-12-10-13(17)7-9-15(12)18/h1-5,7,9-10,14H,6,8H2. The topological polar surface area (TPSA) is 0 Å². The van der Waals surface area contributed by atoms with Gasteiger partial charge in [-0.05, 0) is 42.2 Å². The van der Waals surface area contributed by atoms with E-state index in [1.54, 1.807) is 0 Å². The molecule has 0 N–H and O–H groups in total. The molecule has 1 unspecified atom stereocenters. The van der Waals surface area contributed by atoms with E-state index in [1.165, 1.54) is 12.1 Å². The van der Waals surface area contributed by atoms with Crippen molar-refractivity contribution >= 4 is 15.9 Å². The number of hydrogen-bond donors (Lipinski definition) is 0. The Labute approximate surface area is 114 Å². The van der Waals surface area contributed by atoms with Gasteiger partial charge in [0.05, 0.1) is 0 Å². The maximum absolute atomic E-state index is 13.4. The summed E-state index contributed by atoms with van der Waals surface area (Å²) in [6, 6.07) is 13.5. The Morgan fingerprint density at radius 3 is 2.44 bits per heavy atom. The van der Waals surface area contributed by atoms with Gasteiger partial charge in [0.2, 0.25) is 0 Å². The Kier molecular flexibility index (Phi) is 4.48. The van der Waals surface area contributed by atoms with Crippen molar-refractivity contribution in [2.24, 2.45) is 0 Å². The fraction of sp³-hybridized carbons (Fsp3) is 0.200. The first-order valence-corrected chi connectivity index (χ1v) is 6.71. The van der Waals surface area contributed by atoms with Gasteiger partial charge in [-0.1, -0.05) is 46.3 Å². The highest BCUT2D eigenvalue weighted by atomic mass is 79.9. The van der Waals surface area contributed by atoms with Gasteiger partial charge in [0.25, 0.3) is 0 Å². The van der Waals surface area contributed by atoms with Crippen molar-refractivity contribution in [3.63, 3.8) is 0 Å². The summed E-state index contributed by atoms with van der Waals surface area (Å²) in [6.07, 6.45) is 1.23. The van der Waals surface area contributed by atoms with Crippen molar-refractivity contribution in [1.82, 2.24) is 0 Å². The van der Waals surface area contributed by atoms with Crippen LogP contribution in [0.5, 0.6) is 0 Å². The first kappa shape index (κ1) is 13.2. The lowest BCUT2D eigenvalue weighted by Gasteiger charge is -2.10. The van der Waals surface area contributed by atoms with Crippen LogP contribution in [0.15, 0.2) is 48.5 Å². The Balaban J connectivity index is 2.01. The molecule has 2 rings (SSSR count). The highest BCUT2D eigenvalue weighted by Crippen LogP contribution is 2.28. The smallest absolute Gasteiger partial charge is 0.126 e. The van der Waals surface area contributed by atoms with Gasteiger partial charge in [0.1, 0.15) is 11.6 Å². The minimum Gasteiger partial charge on any atom is -0.207 e. The molecule has 0 aliphatic carbocycles. The van der Waals surface area contributed by atoms with E-state index in [9.17, 15) is 8.78 Å². The average molecular weight is 311 g/mol. The maximum atomic E-state index is 13.4. The molecule has 2 aromatic carbocycles. The molecule has 0 spiro atoms. The largest absolute Gasteiger partial charge is 0.207 e. The molecule has 0 aliphatic rings. The van der Waals surface area contributed by atoms with Gasteiger partial charge in [-0.15, -0.1) is 0 Å². The lowest BCUT2D eigenvalue weighted by Crippen LogP contribution is -1.96. The minimum atomic E-state index is -0.391. The Hall–Kier alpha value is -1.22.